The average molecular weight is 243 g/mol. The van der Waals surface area contributed by atoms with Gasteiger partial charge in [0.25, 0.3) is 0 Å². The van der Waals surface area contributed by atoms with Crippen molar-refractivity contribution in [3.05, 3.63) is 41.6 Å². The number of amides is 1. The molecule has 92 valence electrons. The SMILES string of the molecule is O=C1NC(c2ccc(CO)cc2)=CN2C=NCC12. The lowest BCUT2D eigenvalue weighted by Gasteiger charge is -2.27. The van der Waals surface area contributed by atoms with Gasteiger partial charge in [-0.25, -0.2) is 0 Å². The molecule has 0 bridgehead atoms. The highest BCUT2D eigenvalue weighted by molar-refractivity contribution is 5.95. The maximum Gasteiger partial charge on any atom is 0.249 e. The number of aliphatic imine (C=N–C) groups is 1. The van der Waals surface area contributed by atoms with Crippen molar-refractivity contribution in [2.24, 2.45) is 4.99 Å². The number of carbonyl (C=O) groups is 1. The third-order valence-electron chi connectivity index (χ3n) is 3.14. The molecule has 2 aliphatic heterocycles. The monoisotopic (exact) mass is 243 g/mol. The second kappa shape index (κ2) is 4.27. The van der Waals surface area contributed by atoms with E-state index in [2.05, 4.69) is 10.3 Å². The summed E-state index contributed by atoms with van der Waals surface area (Å²) in [5.74, 6) is -0.0313. The number of hydrogen-bond donors (Lipinski definition) is 2. The van der Waals surface area contributed by atoms with Crippen LogP contribution in [-0.4, -0.2) is 34.8 Å². The Bertz CT molecular complexity index is 534. The minimum absolute atomic E-state index is 0.0204. The Kier molecular flexibility index (Phi) is 2.60. The number of aliphatic hydroxyl groups is 1. The molecule has 3 rings (SSSR count). The number of carbonyl (C=O) groups excluding carboxylic acids is 1. The van der Waals surface area contributed by atoms with Gasteiger partial charge >= 0.3 is 0 Å². The fourth-order valence-corrected chi connectivity index (χ4v) is 2.09. The zero-order valence-electron chi connectivity index (χ0n) is 9.71. The smallest absolute Gasteiger partial charge is 0.249 e. The van der Waals surface area contributed by atoms with Crippen LogP contribution in [0.25, 0.3) is 5.70 Å². The Morgan fingerprint density at radius 3 is 2.89 bits per heavy atom. The Morgan fingerprint density at radius 2 is 2.17 bits per heavy atom. The highest BCUT2D eigenvalue weighted by Crippen LogP contribution is 2.20. The summed E-state index contributed by atoms with van der Waals surface area (Å²) in [5.41, 5.74) is 2.52. The predicted molar refractivity (Wildman–Crippen MR) is 67.5 cm³/mol. The van der Waals surface area contributed by atoms with E-state index in [1.54, 1.807) is 6.34 Å². The first-order valence-corrected chi connectivity index (χ1v) is 5.78. The number of nitrogens with one attached hydrogen (secondary N) is 1. The first kappa shape index (κ1) is 11.0. The van der Waals surface area contributed by atoms with Gasteiger partial charge in [-0.3, -0.25) is 9.79 Å². The molecule has 0 aromatic heterocycles. The van der Waals surface area contributed by atoms with Crippen LogP contribution in [0, 0.1) is 0 Å². The van der Waals surface area contributed by atoms with Crippen molar-refractivity contribution in [1.82, 2.24) is 10.2 Å². The predicted octanol–water partition coefficient (Wildman–Crippen LogP) is 0.320. The van der Waals surface area contributed by atoms with Crippen LogP contribution in [0.4, 0.5) is 0 Å². The summed E-state index contributed by atoms with van der Waals surface area (Å²) in [5, 5.41) is 11.9. The second-order valence-corrected chi connectivity index (χ2v) is 4.33. The molecule has 2 aliphatic rings. The lowest BCUT2D eigenvalue weighted by Crippen LogP contribution is -2.46. The summed E-state index contributed by atoms with van der Waals surface area (Å²) in [6.07, 6.45) is 3.57. The van der Waals surface area contributed by atoms with Crippen molar-refractivity contribution in [3.8, 4) is 0 Å². The number of hydrogen-bond acceptors (Lipinski definition) is 4. The van der Waals surface area contributed by atoms with Crippen LogP contribution in [-0.2, 0) is 11.4 Å². The lowest BCUT2D eigenvalue weighted by atomic mass is 10.1. The molecule has 5 heteroatoms. The zero-order chi connectivity index (χ0) is 12.5. The van der Waals surface area contributed by atoms with Crippen LogP contribution >= 0.6 is 0 Å². The van der Waals surface area contributed by atoms with E-state index in [9.17, 15) is 4.79 Å². The third kappa shape index (κ3) is 1.78. The molecule has 2 heterocycles. The molecule has 1 unspecified atom stereocenters. The van der Waals surface area contributed by atoms with Gasteiger partial charge in [0.15, 0.2) is 0 Å². The minimum atomic E-state index is -0.203. The maximum atomic E-state index is 11.9. The van der Waals surface area contributed by atoms with Crippen LogP contribution in [0.2, 0.25) is 0 Å². The van der Waals surface area contributed by atoms with E-state index in [4.69, 9.17) is 5.11 Å². The lowest BCUT2D eigenvalue weighted by molar-refractivity contribution is -0.123. The molecule has 18 heavy (non-hydrogen) atoms. The van der Waals surface area contributed by atoms with E-state index in [1.807, 2.05) is 35.4 Å². The number of nitrogens with zero attached hydrogens (tertiary/aromatic N) is 2. The molecule has 1 atom stereocenters. The molecular weight excluding hydrogens is 230 g/mol. The molecule has 0 saturated carbocycles. The molecule has 1 aromatic rings. The summed E-state index contributed by atoms with van der Waals surface area (Å²) < 4.78 is 0. The number of benzene rings is 1. The van der Waals surface area contributed by atoms with Gasteiger partial charge in [0.2, 0.25) is 5.91 Å². The summed E-state index contributed by atoms with van der Waals surface area (Å²) >= 11 is 0. The fourth-order valence-electron chi connectivity index (χ4n) is 2.09. The minimum Gasteiger partial charge on any atom is -0.392 e. The number of fused-ring (bicyclic) bond motifs is 1. The van der Waals surface area contributed by atoms with Crippen molar-refractivity contribution < 1.29 is 9.90 Å². The molecule has 0 radical (unpaired) electrons. The van der Waals surface area contributed by atoms with Crippen LogP contribution < -0.4 is 5.32 Å². The van der Waals surface area contributed by atoms with Crippen molar-refractivity contribution in [1.29, 1.82) is 0 Å². The Morgan fingerprint density at radius 1 is 1.39 bits per heavy atom. The van der Waals surface area contributed by atoms with E-state index in [-0.39, 0.29) is 18.6 Å². The van der Waals surface area contributed by atoms with Crippen LogP contribution in [0.15, 0.2) is 35.5 Å². The average Bonchev–Trinajstić information content (AvgIpc) is 2.88. The third-order valence-corrected chi connectivity index (χ3v) is 3.14. The fraction of sp³-hybridized carbons (Fsp3) is 0.231. The van der Waals surface area contributed by atoms with Crippen LogP contribution in [0.3, 0.4) is 0 Å². The number of aliphatic hydroxyl groups excluding tert-OH is 1. The molecule has 1 amide bonds. The molecule has 0 aliphatic carbocycles. The molecule has 0 fully saturated rings. The maximum absolute atomic E-state index is 11.9. The highest BCUT2D eigenvalue weighted by Gasteiger charge is 2.31. The number of rotatable bonds is 2. The van der Waals surface area contributed by atoms with Crippen molar-refractivity contribution in [2.75, 3.05) is 6.54 Å². The normalized spacial score (nSPS) is 21.6. The quantitative estimate of drug-likeness (QED) is 0.786. The van der Waals surface area contributed by atoms with E-state index in [1.165, 1.54) is 0 Å². The van der Waals surface area contributed by atoms with E-state index in [0.29, 0.717) is 6.54 Å². The first-order chi connectivity index (χ1) is 8.78. The van der Waals surface area contributed by atoms with Crippen LogP contribution in [0.1, 0.15) is 11.1 Å². The molecular formula is C13H13N3O2. The Balaban J connectivity index is 1.91. The van der Waals surface area contributed by atoms with Crippen molar-refractivity contribution in [2.45, 2.75) is 12.6 Å². The van der Waals surface area contributed by atoms with Gasteiger partial charge in [0, 0.05) is 6.20 Å². The topological polar surface area (TPSA) is 64.9 Å². The van der Waals surface area contributed by atoms with Gasteiger partial charge in [0.05, 0.1) is 25.2 Å². The second-order valence-electron chi connectivity index (χ2n) is 4.33. The summed E-state index contributed by atoms with van der Waals surface area (Å²) in [6, 6.07) is 7.24. The molecule has 5 nitrogen and oxygen atoms in total. The summed E-state index contributed by atoms with van der Waals surface area (Å²) in [4.78, 5) is 17.8. The van der Waals surface area contributed by atoms with Crippen molar-refractivity contribution >= 4 is 17.9 Å². The van der Waals surface area contributed by atoms with Gasteiger partial charge in [0.1, 0.15) is 6.04 Å². The van der Waals surface area contributed by atoms with Crippen LogP contribution in [0.5, 0.6) is 0 Å². The van der Waals surface area contributed by atoms with E-state index < -0.39 is 0 Å². The molecule has 0 saturated heterocycles. The van der Waals surface area contributed by atoms with Gasteiger partial charge in [-0.15, -0.1) is 0 Å². The van der Waals surface area contributed by atoms with E-state index in [0.717, 1.165) is 16.8 Å². The van der Waals surface area contributed by atoms with E-state index >= 15 is 0 Å². The van der Waals surface area contributed by atoms with Gasteiger partial charge in [-0.1, -0.05) is 24.3 Å². The summed E-state index contributed by atoms with van der Waals surface area (Å²) in [7, 11) is 0. The standard InChI is InChI=1S/C13H13N3O2/c17-7-9-1-3-10(4-2-9)11-6-16-8-14-5-12(16)13(18)15-11/h1-4,6,8,12,17H,5,7H2,(H,15,18). The molecule has 2 N–H and O–H groups in total. The van der Waals surface area contributed by atoms with Gasteiger partial charge < -0.3 is 15.3 Å². The Hall–Kier alpha value is -2.14. The largest absolute Gasteiger partial charge is 0.392 e. The molecule has 0 spiro atoms. The van der Waals surface area contributed by atoms with Gasteiger partial charge in [-0.2, -0.15) is 0 Å². The highest BCUT2D eigenvalue weighted by atomic mass is 16.3. The molecule has 1 aromatic carbocycles. The zero-order valence-corrected chi connectivity index (χ0v) is 9.71. The van der Waals surface area contributed by atoms with Crippen molar-refractivity contribution in [3.63, 3.8) is 0 Å². The van der Waals surface area contributed by atoms with Gasteiger partial charge in [-0.05, 0) is 11.1 Å². The Labute approximate surface area is 104 Å². The summed E-state index contributed by atoms with van der Waals surface area (Å²) in [6.45, 7) is 0.533. The first-order valence-electron chi connectivity index (χ1n) is 5.78.